The third-order valence-electron chi connectivity index (χ3n) is 3.66. The van der Waals surface area contributed by atoms with Crippen molar-refractivity contribution in [3.8, 4) is 11.5 Å². The summed E-state index contributed by atoms with van der Waals surface area (Å²) in [6.45, 7) is 3.11. The minimum Gasteiger partial charge on any atom is -0.495 e. The van der Waals surface area contributed by atoms with Crippen LogP contribution in [0.5, 0.6) is 11.5 Å². The van der Waals surface area contributed by atoms with E-state index in [2.05, 4.69) is 15.5 Å². The van der Waals surface area contributed by atoms with E-state index in [1.807, 2.05) is 6.92 Å². The van der Waals surface area contributed by atoms with Crippen molar-refractivity contribution in [3.63, 3.8) is 0 Å². The van der Waals surface area contributed by atoms with Crippen molar-refractivity contribution < 1.29 is 19.1 Å². The molecule has 1 N–H and O–H groups in total. The molecule has 0 saturated carbocycles. The van der Waals surface area contributed by atoms with E-state index in [0.717, 1.165) is 5.56 Å². The summed E-state index contributed by atoms with van der Waals surface area (Å²) >= 11 is 12.1. The number of rotatable bonds is 7. The number of ketones is 1. The highest BCUT2D eigenvalue weighted by Gasteiger charge is 2.24. The molecular formula is C19H19Cl2N3O4. The molecule has 0 fully saturated rings. The summed E-state index contributed by atoms with van der Waals surface area (Å²) in [5.41, 5.74) is 1.66. The summed E-state index contributed by atoms with van der Waals surface area (Å²) < 4.78 is 10.3. The largest absolute Gasteiger partial charge is 0.495 e. The zero-order valence-corrected chi connectivity index (χ0v) is 17.3. The number of hydrogen-bond acceptors (Lipinski definition) is 6. The lowest BCUT2D eigenvalue weighted by atomic mass is 10.2. The first-order chi connectivity index (χ1) is 13.2. The summed E-state index contributed by atoms with van der Waals surface area (Å²) in [7, 11) is 2.87. The quantitative estimate of drug-likeness (QED) is 0.501. The Hall–Kier alpha value is -2.64. The summed E-state index contributed by atoms with van der Waals surface area (Å²) in [6, 6.07) is 6.78. The first-order valence-electron chi connectivity index (χ1n) is 8.16. The molecule has 0 aliphatic rings. The molecule has 1 atom stereocenters. The number of hydrogen-bond donors (Lipinski definition) is 1. The zero-order chi connectivity index (χ0) is 20.8. The molecule has 0 aliphatic heterocycles. The van der Waals surface area contributed by atoms with Gasteiger partial charge in [-0.2, -0.15) is 10.2 Å². The Bertz CT molecular complexity index is 886. The summed E-state index contributed by atoms with van der Waals surface area (Å²) in [4.78, 5) is 24.5. The minimum absolute atomic E-state index is 0.266. The van der Waals surface area contributed by atoms with E-state index in [4.69, 9.17) is 32.7 Å². The van der Waals surface area contributed by atoms with Crippen molar-refractivity contribution in [3.05, 3.63) is 45.9 Å². The topological polar surface area (TPSA) is 89.4 Å². The number of halogens is 2. The Balaban J connectivity index is 2.26. The number of carbonyl (C=O) groups excluding carboxylic acids is 2. The van der Waals surface area contributed by atoms with Gasteiger partial charge in [0.15, 0.2) is 5.78 Å². The van der Waals surface area contributed by atoms with Crippen LogP contribution in [0.4, 0.5) is 11.4 Å². The summed E-state index contributed by atoms with van der Waals surface area (Å²) in [5.74, 6) is -0.493. The molecule has 2 rings (SSSR count). The number of nitrogens with one attached hydrogen (secondary N) is 1. The highest BCUT2D eigenvalue weighted by Crippen LogP contribution is 2.37. The standard InChI is InChI=1S/C19H19Cl2N3O4/c1-10-5-12(20)7-14(6-10)23-24-18(11(2)25)19(26)22-13-8-15(27-3)17(21)16(9-13)28-4/h5-9,18H,1-4H3,(H,22,26). The van der Waals surface area contributed by atoms with Crippen LogP contribution in [-0.4, -0.2) is 32.0 Å². The molecule has 148 valence electrons. The predicted octanol–water partition coefficient (Wildman–Crippen LogP) is 5.00. The van der Waals surface area contributed by atoms with E-state index in [9.17, 15) is 9.59 Å². The fraction of sp³-hybridized carbons (Fsp3) is 0.263. The average Bonchev–Trinajstić information content (AvgIpc) is 2.62. The van der Waals surface area contributed by atoms with E-state index in [1.54, 1.807) is 18.2 Å². The van der Waals surface area contributed by atoms with Gasteiger partial charge in [0.25, 0.3) is 5.91 Å². The van der Waals surface area contributed by atoms with Gasteiger partial charge >= 0.3 is 0 Å². The van der Waals surface area contributed by atoms with Crippen LogP contribution in [0, 0.1) is 6.92 Å². The molecule has 28 heavy (non-hydrogen) atoms. The third-order valence-corrected chi connectivity index (χ3v) is 4.25. The van der Waals surface area contributed by atoms with Crippen LogP contribution < -0.4 is 14.8 Å². The van der Waals surface area contributed by atoms with E-state index in [-0.39, 0.29) is 5.02 Å². The number of amides is 1. The Morgan fingerprint density at radius 3 is 2.14 bits per heavy atom. The van der Waals surface area contributed by atoms with Gasteiger partial charge in [0.05, 0.1) is 19.9 Å². The van der Waals surface area contributed by atoms with E-state index < -0.39 is 17.7 Å². The maximum Gasteiger partial charge on any atom is 0.258 e. The Labute approximate surface area is 172 Å². The summed E-state index contributed by atoms with van der Waals surface area (Å²) in [6.07, 6.45) is 0. The number of aryl methyl sites for hydroxylation is 1. The fourth-order valence-electron chi connectivity index (χ4n) is 2.37. The number of ether oxygens (including phenoxy) is 2. The van der Waals surface area contributed by atoms with Crippen molar-refractivity contribution in [2.75, 3.05) is 19.5 Å². The minimum atomic E-state index is -1.33. The average molecular weight is 424 g/mol. The maximum atomic E-state index is 12.6. The van der Waals surface area contributed by atoms with Gasteiger partial charge in [0, 0.05) is 22.8 Å². The molecule has 1 unspecified atom stereocenters. The molecule has 0 aliphatic carbocycles. The van der Waals surface area contributed by atoms with Crippen LogP contribution in [0.25, 0.3) is 0 Å². The van der Waals surface area contributed by atoms with E-state index in [0.29, 0.717) is 27.9 Å². The van der Waals surface area contributed by atoms with Crippen molar-refractivity contribution in [1.82, 2.24) is 0 Å². The van der Waals surface area contributed by atoms with Crippen LogP contribution in [0.1, 0.15) is 12.5 Å². The van der Waals surface area contributed by atoms with Gasteiger partial charge in [0.2, 0.25) is 6.04 Å². The second kappa shape index (κ2) is 9.52. The first-order valence-corrected chi connectivity index (χ1v) is 8.91. The molecule has 0 saturated heterocycles. The van der Waals surface area contributed by atoms with Crippen molar-refractivity contribution in [2.24, 2.45) is 10.2 Å². The molecule has 2 aromatic carbocycles. The molecule has 1 amide bonds. The Kier molecular flexibility index (Phi) is 7.37. The van der Waals surface area contributed by atoms with Crippen LogP contribution in [0.3, 0.4) is 0 Å². The zero-order valence-electron chi connectivity index (χ0n) is 15.7. The lowest BCUT2D eigenvalue weighted by Gasteiger charge is -2.13. The monoisotopic (exact) mass is 423 g/mol. The smallest absolute Gasteiger partial charge is 0.258 e. The number of nitrogens with zero attached hydrogens (tertiary/aromatic N) is 2. The molecule has 0 aromatic heterocycles. The SMILES string of the molecule is COc1cc(NC(=O)C(N=Nc2cc(C)cc(Cl)c2)C(C)=O)cc(OC)c1Cl. The second-order valence-corrected chi connectivity index (χ2v) is 6.71. The number of Topliss-reactive ketones (excluding diaryl/α,β-unsaturated/α-hetero) is 1. The van der Waals surface area contributed by atoms with Crippen LogP contribution >= 0.6 is 23.2 Å². The first kappa shape index (κ1) is 21.7. The van der Waals surface area contributed by atoms with Crippen molar-refractivity contribution in [2.45, 2.75) is 19.9 Å². The lowest BCUT2D eigenvalue weighted by molar-refractivity contribution is -0.126. The van der Waals surface area contributed by atoms with Gasteiger partial charge in [0.1, 0.15) is 16.5 Å². The number of azo groups is 1. The highest BCUT2D eigenvalue weighted by atomic mass is 35.5. The highest BCUT2D eigenvalue weighted by molar-refractivity contribution is 6.33. The summed E-state index contributed by atoms with van der Waals surface area (Å²) in [5, 5.41) is 11.2. The molecule has 9 heteroatoms. The number of methoxy groups -OCH3 is 2. The van der Waals surface area contributed by atoms with Gasteiger partial charge in [-0.15, -0.1) is 0 Å². The van der Waals surface area contributed by atoms with Crippen molar-refractivity contribution in [1.29, 1.82) is 0 Å². The Morgan fingerprint density at radius 1 is 1.04 bits per heavy atom. The van der Waals surface area contributed by atoms with E-state index in [1.165, 1.54) is 33.3 Å². The molecule has 0 heterocycles. The van der Waals surface area contributed by atoms with Gasteiger partial charge < -0.3 is 14.8 Å². The fourth-order valence-corrected chi connectivity index (χ4v) is 2.92. The van der Waals surface area contributed by atoms with Gasteiger partial charge in [-0.3, -0.25) is 9.59 Å². The molecular weight excluding hydrogens is 405 g/mol. The maximum absolute atomic E-state index is 12.6. The molecule has 0 radical (unpaired) electrons. The molecule has 7 nitrogen and oxygen atoms in total. The molecule has 0 bridgehead atoms. The second-order valence-electron chi connectivity index (χ2n) is 5.90. The number of anilines is 1. The van der Waals surface area contributed by atoms with Gasteiger partial charge in [-0.05, 0) is 37.6 Å². The van der Waals surface area contributed by atoms with Crippen LogP contribution in [0.2, 0.25) is 10.0 Å². The lowest BCUT2D eigenvalue weighted by Crippen LogP contribution is -2.31. The normalized spacial score (nSPS) is 11.9. The number of benzene rings is 2. The predicted molar refractivity (Wildman–Crippen MR) is 108 cm³/mol. The van der Waals surface area contributed by atoms with Gasteiger partial charge in [-0.1, -0.05) is 23.2 Å². The van der Waals surface area contributed by atoms with E-state index >= 15 is 0 Å². The third kappa shape index (κ3) is 5.43. The Morgan fingerprint density at radius 2 is 1.64 bits per heavy atom. The van der Waals surface area contributed by atoms with Gasteiger partial charge in [-0.25, -0.2) is 0 Å². The van der Waals surface area contributed by atoms with Crippen LogP contribution in [-0.2, 0) is 9.59 Å². The molecule has 0 spiro atoms. The van der Waals surface area contributed by atoms with Crippen LogP contribution in [0.15, 0.2) is 40.6 Å². The van der Waals surface area contributed by atoms with Crippen molar-refractivity contribution >= 4 is 46.3 Å². The number of carbonyl (C=O) groups is 2. The molecule has 2 aromatic rings.